The normalized spacial score (nSPS) is 19.5. The van der Waals surface area contributed by atoms with Crippen LogP contribution in [0.4, 0.5) is 22.7 Å². The molecule has 0 saturated heterocycles. The Labute approximate surface area is 402 Å². The highest BCUT2D eigenvalue weighted by Crippen LogP contribution is 2.65. The topological polar surface area (TPSA) is 15.3 Å². The highest BCUT2D eigenvalue weighted by molar-refractivity contribution is 6.36. The maximum Gasteiger partial charge on any atom is 0.0710 e. The third-order valence-electron chi connectivity index (χ3n) is 17.7. The van der Waals surface area contributed by atoms with E-state index in [0.717, 1.165) is 0 Å². The maximum atomic E-state index is 2.73. The third kappa shape index (κ3) is 3.74. The first-order valence-corrected chi connectivity index (χ1v) is 24.9. The molecule has 322 valence electrons. The fourth-order valence-corrected chi connectivity index (χ4v) is 15.5. The molecule has 6 aliphatic rings. The van der Waals surface area contributed by atoms with Crippen molar-refractivity contribution in [2.75, 3.05) is 9.80 Å². The van der Waals surface area contributed by atoms with Gasteiger partial charge in [-0.25, -0.2) is 0 Å². The number of anilines is 4. The summed E-state index contributed by atoms with van der Waals surface area (Å²) in [4.78, 5) is 5.29. The van der Waals surface area contributed by atoms with E-state index in [-0.39, 0.29) is 23.9 Å². The number of benzene rings is 9. The van der Waals surface area contributed by atoms with E-state index in [9.17, 15) is 0 Å². The van der Waals surface area contributed by atoms with Crippen molar-refractivity contribution < 1.29 is 0 Å². The van der Waals surface area contributed by atoms with Crippen molar-refractivity contribution in [3.63, 3.8) is 0 Å². The Morgan fingerprint density at radius 3 is 1.16 bits per heavy atom. The van der Waals surface area contributed by atoms with E-state index in [4.69, 9.17) is 0 Å². The number of rotatable bonds is 2. The SMILES string of the molecule is C1=C2c3ccccc3N3c4ccccc4C(c4c1n1c5c(-c6ccccc6)c6c7cccc8c9c(n(c6c(-c6ccccc6)c5c5cccc4c51)c87)C=C1c4ccccc4N4c5ccccc5C9C14)C23. The van der Waals surface area contributed by atoms with Crippen LogP contribution in [0.25, 0.3) is 99.9 Å². The number of hydrogen-bond acceptors (Lipinski definition) is 2. The highest BCUT2D eigenvalue weighted by atomic mass is 15.2. The fraction of sp³-hybridized carbons (Fsp3) is 0.0606. The van der Waals surface area contributed by atoms with E-state index in [1.165, 1.54) is 155 Å². The zero-order valence-electron chi connectivity index (χ0n) is 37.7. The zero-order valence-corrected chi connectivity index (χ0v) is 37.7. The summed E-state index contributed by atoms with van der Waals surface area (Å²) in [5.74, 6) is 0.384. The lowest BCUT2D eigenvalue weighted by Gasteiger charge is -2.29. The van der Waals surface area contributed by atoms with Crippen LogP contribution in [0, 0.1) is 0 Å². The Morgan fingerprint density at radius 2 is 0.700 bits per heavy atom. The minimum Gasteiger partial charge on any atom is -0.332 e. The summed E-state index contributed by atoms with van der Waals surface area (Å²) in [6, 6.07) is 74.2. The quantitative estimate of drug-likeness (QED) is 0.172. The van der Waals surface area contributed by atoms with Gasteiger partial charge in [-0.2, -0.15) is 0 Å². The molecule has 0 amide bonds. The largest absolute Gasteiger partial charge is 0.332 e. The van der Waals surface area contributed by atoms with Gasteiger partial charge in [-0.3, -0.25) is 0 Å². The van der Waals surface area contributed by atoms with Gasteiger partial charge in [-0.1, -0.05) is 170 Å². The molecule has 8 heterocycles. The molecular weight excluding hydrogens is 849 g/mol. The first kappa shape index (κ1) is 35.3. The smallest absolute Gasteiger partial charge is 0.0710 e. The van der Waals surface area contributed by atoms with Gasteiger partial charge < -0.3 is 18.6 Å². The van der Waals surface area contributed by atoms with Crippen molar-refractivity contribution in [1.82, 2.24) is 8.80 Å². The van der Waals surface area contributed by atoms with E-state index in [0.29, 0.717) is 0 Å². The van der Waals surface area contributed by atoms with Crippen LogP contribution >= 0.6 is 0 Å². The molecule has 0 fully saturated rings. The molecule has 4 aliphatic heterocycles. The molecule has 4 unspecified atom stereocenters. The summed E-state index contributed by atoms with van der Waals surface area (Å²) >= 11 is 0. The predicted molar refractivity (Wildman–Crippen MR) is 289 cm³/mol. The Kier molecular flexibility index (Phi) is 5.99. The van der Waals surface area contributed by atoms with Gasteiger partial charge in [-0.05, 0) is 80.9 Å². The molecule has 0 radical (unpaired) electrons. The second-order valence-electron chi connectivity index (χ2n) is 20.5. The molecule has 0 bridgehead atoms. The van der Waals surface area contributed by atoms with Crippen LogP contribution in [0.5, 0.6) is 0 Å². The van der Waals surface area contributed by atoms with Gasteiger partial charge in [-0.15, -0.1) is 0 Å². The summed E-state index contributed by atoms with van der Waals surface area (Å²) in [5, 5.41) is 7.98. The summed E-state index contributed by atoms with van der Waals surface area (Å²) in [7, 11) is 0. The van der Waals surface area contributed by atoms with Gasteiger partial charge in [0.2, 0.25) is 0 Å². The van der Waals surface area contributed by atoms with E-state index in [1.807, 2.05) is 0 Å². The number of hydrogen-bond donors (Lipinski definition) is 0. The van der Waals surface area contributed by atoms with E-state index in [2.05, 4.69) is 225 Å². The molecule has 9 aromatic carbocycles. The molecule has 0 N–H and O–H groups in total. The zero-order chi connectivity index (χ0) is 44.8. The maximum absolute atomic E-state index is 2.73. The molecular formula is C66H38N4. The van der Waals surface area contributed by atoms with E-state index in [1.54, 1.807) is 0 Å². The Balaban J connectivity index is 1.05. The van der Waals surface area contributed by atoms with Crippen molar-refractivity contribution in [3.8, 4) is 22.3 Å². The number of nitrogens with zero attached hydrogens (tertiary/aromatic N) is 4. The third-order valence-corrected chi connectivity index (χ3v) is 17.7. The summed E-state index contributed by atoms with van der Waals surface area (Å²) < 4.78 is 5.46. The van der Waals surface area contributed by atoms with Crippen LogP contribution in [-0.4, -0.2) is 20.9 Å². The predicted octanol–water partition coefficient (Wildman–Crippen LogP) is 16.1. The molecule has 0 saturated carbocycles. The van der Waals surface area contributed by atoms with Gasteiger partial charge in [0.25, 0.3) is 0 Å². The average molecular weight is 887 g/mol. The number of fused-ring (bicyclic) bond motifs is 26. The first-order chi connectivity index (χ1) is 34.8. The van der Waals surface area contributed by atoms with Crippen molar-refractivity contribution in [2.45, 2.75) is 23.9 Å². The van der Waals surface area contributed by atoms with Crippen LogP contribution in [0.3, 0.4) is 0 Å². The molecule has 4 atom stereocenters. The van der Waals surface area contributed by atoms with Crippen LogP contribution in [0.15, 0.2) is 194 Å². The van der Waals surface area contributed by atoms with E-state index < -0.39 is 0 Å². The van der Waals surface area contributed by atoms with Gasteiger partial charge in [0, 0.05) is 89.2 Å². The van der Waals surface area contributed by atoms with Crippen LogP contribution < -0.4 is 9.80 Å². The fourth-order valence-electron chi connectivity index (χ4n) is 15.5. The van der Waals surface area contributed by atoms with Gasteiger partial charge in [0.1, 0.15) is 0 Å². The van der Waals surface area contributed by atoms with Crippen LogP contribution in [-0.2, 0) is 0 Å². The standard InChI is InChI=1S/C66H38N4/c1-3-17-35(18-4-1)53-59-43-27-15-25-41-56-52(34-46-38-22-8-12-30-48(38)68-50-32-14-10-24-40(50)58(56)64(46)68)70(61(41)43)66(59)54(36-19-5-2-6-20-36)60-44-28-16-26-42-55-51(69(62(42)44)65(53)60)33-45-37-21-7-11-29-47(37)67-49-31-13-9-23-39(49)57(55)63(45)67/h1-34,57-58,63-64H. The molecule has 4 aromatic heterocycles. The first-order valence-electron chi connectivity index (χ1n) is 24.9. The number of para-hydroxylation sites is 6. The Morgan fingerprint density at radius 1 is 0.314 bits per heavy atom. The highest BCUT2D eigenvalue weighted by Gasteiger charge is 2.53. The molecule has 70 heavy (non-hydrogen) atoms. The minimum absolute atomic E-state index is 0.192. The Bertz CT molecular complexity index is 4330. The summed E-state index contributed by atoms with van der Waals surface area (Å²) in [6.07, 6.45) is 5.19. The van der Waals surface area contributed by atoms with Crippen LogP contribution in [0.1, 0.15) is 56.6 Å². The van der Waals surface area contributed by atoms with Crippen molar-refractivity contribution >= 4 is 100 Å². The van der Waals surface area contributed by atoms with Crippen molar-refractivity contribution in [1.29, 1.82) is 0 Å². The molecule has 4 nitrogen and oxygen atoms in total. The molecule has 4 heteroatoms. The lowest BCUT2D eigenvalue weighted by Crippen LogP contribution is -2.28. The monoisotopic (exact) mass is 886 g/mol. The second-order valence-corrected chi connectivity index (χ2v) is 20.5. The molecule has 13 aromatic rings. The average Bonchev–Trinajstić information content (AvgIpc) is 4.34. The van der Waals surface area contributed by atoms with Gasteiger partial charge in [0.15, 0.2) is 0 Å². The second kappa shape index (κ2) is 11.9. The lowest BCUT2D eigenvalue weighted by atomic mass is 9.77. The Hall–Kier alpha value is -8.86. The van der Waals surface area contributed by atoms with Gasteiger partial charge >= 0.3 is 0 Å². The molecule has 0 spiro atoms. The summed E-state index contributed by atoms with van der Waals surface area (Å²) in [6.45, 7) is 0. The van der Waals surface area contributed by atoms with Crippen LogP contribution in [0.2, 0.25) is 0 Å². The van der Waals surface area contributed by atoms with Crippen molar-refractivity contribution in [2.24, 2.45) is 0 Å². The molecule has 2 aliphatic carbocycles. The van der Waals surface area contributed by atoms with E-state index >= 15 is 0 Å². The summed E-state index contributed by atoms with van der Waals surface area (Å²) in [5.41, 5.74) is 29.5. The number of aromatic nitrogens is 2. The van der Waals surface area contributed by atoms with Crippen molar-refractivity contribution in [3.05, 3.63) is 239 Å². The minimum atomic E-state index is 0.192. The molecule has 19 rings (SSSR count). The lowest BCUT2D eigenvalue weighted by molar-refractivity contribution is 0.760. The van der Waals surface area contributed by atoms with Gasteiger partial charge in [0.05, 0.1) is 45.5 Å².